The van der Waals surface area contributed by atoms with E-state index in [1.807, 2.05) is 12.1 Å². The van der Waals surface area contributed by atoms with E-state index in [2.05, 4.69) is 15.8 Å². The van der Waals surface area contributed by atoms with Crippen LogP contribution in [0.4, 0.5) is 0 Å². The van der Waals surface area contributed by atoms with Crippen molar-refractivity contribution in [3.63, 3.8) is 0 Å². The summed E-state index contributed by atoms with van der Waals surface area (Å²) in [5, 5.41) is 7.74. The van der Waals surface area contributed by atoms with Crippen LogP contribution in [0.3, 0.4) is 0 Å². The minimum absolute atomic E-state index is 0.0323. The van der Waals surface area contributed by atoms with Gasteiger partial charge in [0.2, 0.25) is 5.91 Å². The molecule has 1 unspecified atom stereocenters. The van der Waals surface area contributed by atoms with Crippen molar-refractivity contribution < 1.29 is 14.3 Å². The first-order valence-electron chi connectivity index (χ1n) is 9.03. The second-order valence-corrected chi connectivity index (χ2v) is 6.64. The number of hydrogen-bond acceptors (Lipinski definition) is 5. The third-order valence-corrected chi connectivity index (χ3v) is 4.96. The summed E-state index contributed by atoms with van der Waals surface area (Å²) in [6.07, 6.45) is 6.89. The van der Waals surface area contributed by atoms with E-state index in [0.717, 1.165) is 42.8 Å². The smallest absolute Gasteiger partial charge is 0.241 e. The minimum Gasteiger partial charge on any atom is -0.493 e. The van der Waals surface area contributed by atoms with Crippen molar-refractivity contribution in [2.45, 2.75) is 51.0 Å². The van der Waals surface area contributed by atoms with E-state index in [9.17, 15) is 4.79 Å². The van der Waals surface area contributed by atoms with Gasteiger partial charge in [-0.3, -0.25) is 4.79 Å². The van der Waals surface area contributed by atoms with E-state index in [4.69, 9.17) is 9.47 Å². The van der Waals surface area contributed by atoms with Gasteiger partial charge in [0.15, 0.2) is 11.5 Å². The monoisotopic (exact) mass is 345 g/mol. The van der Waals surface area contributed by atoms with Crippen LogP contribution in [0.15, 0.2) is 17.2 Å². The topological polar surface area (TPSA) is 72.0 Å². The van der Waals surface area contributed by atoms with E-state index in [0.29, 0.717) is 12.2 Å². The molecule has 1 heterocycles. The molecular formula is C19H27N3O3. The lowest BCUT2D eigenvalue weighted by atomic mass is 9.91. The number of carbonyl (C=O) groups is 1. The van der Waals surface area contributed by atoms with Crippen LogP contribution in [-0.2, 0) is 11.2 Å². The quantitative estimate of drug-likeness (QED) is 0.805. The number of fused-ring (bicyclic) bond motifs is 1. The predicted molar refractivity (Wildman–Crippen MR) is 97.3 cm³/mol. The van der Waals surface area contributed by atoms with Gasteiger partial charge < -0.3 is 14.8 Å². The Labute approximate surface area is 149 Å². The summed E-state index contributed by atoms with van der Waals surface area (Å²) in [4.78, 5) is 12.3. The van der Waals surface area contributed by atoms with E-state index in [1.165, 1.54) is 24.8 Å². The van der Waals surface area contributed by atoms with Gasteiger partial charge >= 0.3 is 0 Å². The maximum atomic E-state index is 12.3. The summed E-state index contributed by atoms with van der Waals surface area (Å²) in [6, 6.07) is 3.96. The summed E-state index contributed by atoms with van der Waals surface area (Å²) in [5.41, 5.74) is 6.15. The molecule has 136 valence electrons. The Hall–Kier alpha value is -2.08. The Morgan fingerprint density at radius 2 is 1.88 bits per heavy atom. The van der Waals surface area contributed by atoms with Crippen LogP contribution in [0.5, 0.6) is 11.5 Å². The highest BCUT2D eigenvalue weighted by Gasteiger charge is 2.24. The first kappa shape index (κ1) is 17.7. The largest absolute Gasteiger partial charge is 0.493 e. The molecule has 0 aromatic heterocycles. The van der Waals surface area contributed by atoms with Crippen molar-refractivity contribution in [3.8, 4) is 11.5 Å². The molecule has 1 fully saturated rings. The van der Waals surface area contributed by atoms with Crippen LogP contribution in [0.2, 0.25) is 0 Å². The van der Waals surface area contributed by atoms with Gasteiger partial charge in [0, 0.05) is 18.2 Å². The van der Waals surface area contributed by atoms with E-state index >= 15 is 0 Å². The van der Waals surface area contributed by atoms with Gasteiger partial charge in [0.05, 0.1) is 14.2 Å². The zero-order valence-electron chi connectivity index (χ0n) is 15.1. The maximum absolute atomic E-state index is 12.3. The van der Waals surface area contributed by atoms with Crippen molar-refractivity contribution >= 4 is 11.6 Å². The summed E-state index contributed by atoms with van der Waals surface area (Å²) in [6.45, 7) is 0.842. The van der Waals surface area contributed by atoms with Crippen molar-refractivity contribution in [1.82, 2.24) is 10.7 Å². The third-order valence-electron chi connectivity index (χ3n) is 4.96. The van der Waals surface area contributed by atoms with Crippen molar-refractivity contribution in [2.24, 2.45) is 5.10 Å². The highest BCUT2D eigenvalue weighted by atomic mass is 16.5. The standard InChI is InChI=1S/C19H27N3O3/c1-24-17-10-13-8-9-20-16(15(13)11-18(17)25-2)12-19(23)22-21-14-6-4-3-5-7-14/h10-11,16,20H,3-9,12H2,1-2H3,(H,22,23). The van der Waals surface area contributed by atoms with Gasteiger partial charge in [-0.2, -0.15) is 5.10 Å². The minimum atomic E-state index is -0.0572. The molecule has 0 bridgehead atoms. The van der Waals surface area contributed by atoms with Crippen molar-refractivity contribution in [1.29, 1.82) is 0 Å². The zero-order valence-corrected chi connectivity index (χ0v) is 15.1. The van der Waals surface area contributed by atoms with Crippen LogP contribution >= 0.6 is 0 Å². The van der Waals surface area contributed by atoms with Crippen molar-refractivity contribution in [3.05, 3.63) is 23.3 Å². The van der Waals surface area contributed by atoms with E-state index < -0.39 is 0 Å². The number of amides is 1. The molecule has 3 rings (SSSR count). The molecule has 0 radical (unpaired) electrons. The molecular weight excluding hydrogens is 318 g/mol. The van der Waals surface area contributed by atoms with Crippen molar-refractivity contribution in [2.75, 3.05) is 20.8 Å². The molecule has 1 aromatic rings. The Morgan fingerprint density at radius 3 is 2.60 bits per heavy atom. The number of benzene rings is 1. The number of methoxy groups -OCH3 is 2. The normalized spacial score (nSPS) is 19.8. The molecule has 1 atom stereocenters. The first-order valence-corrected chi connectivity index (χ1v) is 9.03. The molecule has 1 aromatic carbocycles. The van der Waals surface area contributed by atoms with Crippen LogP contribution < -0.4 is 20.2 Å². The lowest BCUT2D eigenvalue weighted by Crippen LogP contribution is -2.34. The van der Waals surface area contributed by atoms with Crippen LogP contribution in [0.1, 0.15) is 55.7 Å². The Balaban J connectivity index is 1.68. The van der Waals surface area contributed by atoms with Gasteiger partial charge in [-0.25, -0.2) is 5.43 Å². The molecule has 6 nitrogen and oxygen atoms in total. The molecule has 0 saturated heterocycles. The number of ether oxygens (including phenoxy) is 2. The highest BCUT2D eigenvalue weighted by Crippen LogP contribution is 2.36. The van der Waals surface area contributed by atoms with E-state index in [1.54, 1.807) is 14.2 Å². The molecule has 1 aliphatic heterocycles. The molecule has 2 N–H and O–H groups in total. The summed E-state index contributed by atoms with van der Waals surface area (Å²) < 4.78 is 10.8. The average molecular weight is 345 g/mol. The van der Waals surface area contributed by atoms with Crippen LogP contribution in [0.25, 0.3) is 0 Å². The van der Waals surface area contributed by atoms with Crippen LogP contribution in [0, 0.1) is 0 Å². The van der Waals surface area contributed by atoms with Gasteiger partial charge in [-0.05, 0) is 61.9 Å². The van der Waals surface area contributed by atoms with Gasteiger partial charge in [0.25, 0.3) is 0 Å². The Bertz CT molecular complexity index is 650. The van der Waals surface area contributed by atoms with Gasteiger partial charge in [0.1, 0.15) is 0 Å². The number of carbonyl (C=O) groups excluding carboxylic acids is 1. The second-order valence-electron chi connectivity index (χ2n) is 6.64. The Kier molecular flexibility index (Phi) is 5.91. The third kappa shape index (κ3) is 4.31. The molecule has 1 saturated carbocycles. The molecule has 2 aliphatic rings. The Morgan fingerprint density at radius 1 is 1.16 bits per heavy atom. The average Bonchev–Trinajstić information content (AvgIpc) is 2.66. The second kappa shape index (κ2) is 8.34. The fourth-order valence-corrected chi connectivity index (χ4v) is 3.59. The zero-order chi connectivity index (χ0) is 17.6. The lowest BCUT2D eigenvalue weighted by molar-refractivity contribution is -0.121. The molecule has 0 spiro atoms. The van der Waals surface area contributed by atoms with E-state index in [-0.39, 0.29) is 11.9 Å². The SMILES string of the molecule is COc1cc2c(cc1OC)C(CC(=O)NN=C1CCCCC1)NCC2. The molecule has 1 amide bonds. The number of rotatable bonds is 5. The number of hydrazone groups is 1. The summed E-state index contributed by atoms with van der Waals surface area (Å²) in [7, 11) is 3.27. The highest BCUT2D eigenvalue weighted by molar-refractivity contribution is 5.87. The first-order chi connectivity index (χ1) is 12.2. The summed E-state index contributed by atoms with van der Waals surface area (Å²) >= 11 is 0. The van der Waals surface area contributed by atoms with Gasteiger partial charge in [-0.15, -0.1) is 0 Å². The number of nitrogens with zero attached hydrogens (tertiary/aromatic N) is 1. The lowest BCUT2D eigenvalue weighted by Gasteiger charge is -2.27. The summed E-state index contributed by atoms with van der Waals surface area (Å²) in [5.74, 6) is 1.37. The molecule has 6 heteroatoms. The fourth-order valence-electron chi connectivity index (χ4n) is 3.59. The number of nitrogens with one attached hydrogen (secondary N) is 2. The maximum Gasteiger partial charge on any atom is 0.241 e. The fraction of sp³-hybridized carbons (Fsp3) is 0.579. The van der Waals surface area contributed by atoms with Crippen LogP contribution in [-0.4, -0.2) is 32.4 Å². The molecule has 25 heavy (non-hydrogen) atoms. The predicted octanol–water partition coefficient (Wildman–Crippen LogP) is 2.72. The molecule has 1 aliphatic carbocycles. The van der Waals surface area contributed by atoms with Gasteiger partial charge in [-0.1, -0.05) is 6.42 Å². The number of hydrogen-bond donors (Lipinski definition) is 2.